The van der Waals surface area contributed by atoms with Crippen LogP contribution in [0.3, 0.4) is 0 Å². The third-order valence-electron chi connectivity index (χ3n) is 3.48. The molecular weight excluding hydrogens is 232 g/mol. The van der Waals surface area contributed by atoms with Gasteiger partial charge >= 0.3 is 0 Å². The molecule has 2 heteroatoms. The number of hydrogen-bond acceptors (Lipinski definition) is 2. The Bertz CT molecular complexity index is 467. The van der Waals surface area contributed by atoms with Gasteiger partial charge < -0.3 is 5.32 Å². The number of aromatic nitrogens is 1. The molecule has 0 saturated heterocycles. The molecule has 0 saturated carbocycles. The van der Waals surface area contributed by atoms with E-state index in [1.807, 2.05) is 18.5 Å². The lowest BCUT2D eigenvalue weighted by Crippen LogP contribution is -2.26. The summed E-state index contributed by atoms with van der Waals surface area (Å²) in [6.45, 7) is 5.49. The van der Waals surface area contributed by atoms with Crippen LogP contribution >= 0.6 is 0 Å². The highest BCUT2D eigenvalue weighted by Gasteiger charge is 2.19. The standard InChI is InChI=1S/C17H22N2/c1-3-11-19-17(16-10-7-12-18-13-16)14(2)15-8-5-4-6-9-15/h4-10,12-14,17,19H,3,11H2,1-2H3. The second-order valence-electron chi connectivity index (χ2n) is 4.92. The lowest BCUT2D eigenvalue weighted by molar-refractivity contribution is 0.465. The van der Waals surface area contributed by atoms with Gasteiger partial charge in [-0.15, -0.1) is 0 Å². The molecule has 0 bridgehead atoms. The minimum atomic E-state index is 0.316. The van der Waals surface area contributed by atoms with Gasteiger partial charge in [0.2, 0.25) is 0 Å². The Morgan fingerprint density at radius 3 is 2.42 bits per heavy atom. The summed E-state index contributed by atoms with van der Waals surface area (Å²) in [7, 11) is 0. The van der Waals surface area contributed by atoms with E-state index in [1.54, 1.807) is 0 Å². The van der Waals surface area contributed by atoms with Crippen LogP contribution < -0.4 is 5.32 Å². The minimum absolute atomic E-state index is 0.316. The zero-order valence-corrected chi connectivity index (χ0v) is 11.7. The molecule has 2 nitrogen and oxygen atoms in total. The van der Waals surface area contributed by atoms with E-state index < -0.39 is 0 Å². The first-order valence-electron chi connectivity index (χ1n) is 7.01. The zero-order valence-electron chi connectivity index (χ0n) is 11.7. The van der Waals surface area contributed by atoms with Gasteiger partial charge in [0.1, 0.15) is 0 Å². The summed E-state index contributed by atoms with van der Waals surface area (Å²) < 4.78 is 0. The fourth-order valence-electron chi connectivity index (χ4n) is 2.39. The average Bonchev–Trinajstić information content (AvgIpc) is 2.49. The Morgan fingerprint density at radius 2 is 1.79 bits per heavy atom. The Balaban J connectivity index is 2.22. The van der Waals surface area contributed by atoms with Gasteiger partial charge in [-0.2, -0.15) is 0 Å². The minimum Gasteiger partial charge on any atom is -0.309 e. The van der Waals surface area contributed by atoms with Gasteiger partial charge in [0.15, 0.2) is 0 Å². The Kier molecular flexibility index (Phi) is 5.10. The van der Waals surface area contributed by atoms with E-state index in [2.05, 4.69) is 60.5 Å². The highest BCUT2D eigenvalue weighted by atomic mass is 14.9. The van der Waals surface area contributed by atoms with Crippen LogP contribution in [-0.2, 0) is 0 Å². The molecule has 2 atom stereocenters. The van der Waals surface area contributed by atoms with E-state index in [-0.39, 0.29) is 0 Å². The Labute approximate surface area is 115 Å². The highest BCUT2D eigenvalue weighted by molar-refractivity contribution is 5.25. The largest absolute Gasteiger partial charge is 0.309 e. The maximum Gasteiger partial charge on any atom is 0.0402 e. The molecule has 1 N–H and O–H groups in total. The van der Waals surface area contributed by atoms with E-state index in [0.29, 0.717) is 12.0 Å². The number of hydrogen-bond donors (Lipinski definition) is 1. The Morgan fingerprint density at radius 1 is 1.05 bits per heavy atom. The molecule has 0 aliphatic carbocycles. The van der Waals surface area contributed by atoms with Gasteiger partial charge in [-0.3, -0.25) is 4.98 Å². The zero-order chi connectivity index (χ0) is 13.5. The number of benzene rings is 1. The van der Waals surface area contributed by atoms with Crippen LogP contribution in [0.25, 0.3) is 0 Å². The Hall–Kier alpha value is -1.67. The van der Waals surface area contributed by atoms with Crippen LogP contribution in [0.5, 0.6) is 0 Å². The molecule has 100 valence electrons. The summed E-state index contributed by atoms with van der Waals surface area (Å²) in [5.74, 6) is 0.428. The molecular formula is C17H22N2. The van der Waals surface area contributed by atoms with Crippen molar-refractivity contribution in [2.75, 3.05) is 6.54 Å². The molecule has 2 aromatic rings. The van der Waals surface area contributed by atoms with E-state index in [9.17, 15) is 0 Å². The first kappa shape index (κ1) is 13.8. The second-order valence-corrected chi connectivity index (χ2v) is 4.92. The number of rotatable bonds is 6. The number of nitrogens with zero attached hydrogens (tertiary/aromatic N) is 1. The molecule has 1 aromatic carbocycles. The summed E-state index contributed by atoms with van der Waals surface area (Å²) in [5, 5.41) is 3.64. The maximum absolute atomic E-state index is 4.25. The van der Waals surface area contributed by atoms with Gasteiger partial charge in [-0.25, -0.2) is 0 Å². The highest BCUT2D eigenvalue weighted by Crippen LogP contribution is 2.29. The lowest BCUT2D eigenvalue weighted by atomic mass is 9.89. The van der Waals surface area contributed by atoms with Gasteiger partial charge in [-0.1, -0.05) is 50.2 Å². The SMILES string of the molecule is CCCNC(c1cccnc1)C(C)c1ccccc1. The van der Waals surface area contributed by atoms with Crippen molar-refractivity contribution in [2.45, 2.75) is 32.2 Å². The molecule has 0 aliphatic heterocycles. The van der Waals surface area contributed by atoms with Crippen molar-refractivity contribution in [1.82, 2.24) is 10.3 Å². The van der Waals surface area contributed by atoms with E-state index >= 15 is 0 Å². The van der Waals surface area contributed by atoms with E-state index in [4.69, 9.17) is 0 Å². The molecule has 1 heterocycles. The molecule has 0 radical (unpaired) electrons. The fourth-order valence-corrected chi connectivity index (χ4v) is 2.39. The second kappa shape index (κ2) is 7.05. The number of nitrogens with one attached hydrogen (secondary N) is 1. The molecule has 0 fully saturated rings. The van der Waals surface area contributed by atoms with Crippen molar-refractivity contribution in [3.05, 3.63) is 66.0 Å². The van der Waals surface area contributed by atoms with Crippen LogP contribution in [0.1, 0.15) is 43.4 Å². The van der Waals surface area contributed by atoms with Crippen LogP contribution in [0.2, 0.25) is 0 Å². The third-order valence-corrected chi connectivity index (χ3v) is 3.48. The van der Waals surface area contributed by atoms with Crippen molar-refractivity contribution in [3.8, 4) is 0 Å². The average molecular weight is 254 g/mol. The van der Waals surface area contributed by atoms with Crippen molar-refractivity contribution >= 4 is 0 Å². The fraction of sp³-hybridized carbons (Fsp3) is 0.353. The molecule has 2 rings (SSSR count). The van der Waals surface area contributed by atoms with Crippen molar-refractivity contribution in [2.24, 2.45) is 0 Å². The summed E-state index contributed by atoms with van der Waals surface area (Å²) in [6, 6.07) is 15.1. The first-order chi connectivity index (χ1) is 9.33. The lowest BCUT2D eigenvalue weighted by Gasteiger charge is -2.26. The monoisotopic (exact) mass is 254 g/mol. The smallest absolute Gasteiger partial charge is 0.0402 e. The van der Waals surface area contributed by atoms with Gasteiger partial charge in [0, 0.05) is 24.4 Å². The van der Waals surface area contributed by atoms with Crippen LogP contribution in [-0.4, -0.2) is 11.5 Å². The van der Waals surface area contributed by atoms with Crippen LogP contribution in [0.15, 0.2) is 54.9 Å². The van der Waals surface area contributed by atoms with Crippen LogP contribution in [0.4, 0.5) is 0 Å². The van der Waals surface area contributed by atoms with Crippen molar-refractivity contribution < 1.29 is 0 Å². The normalized spacial score (nSPS) is 14.0. The molecule has 19 heavy (non-hydrogen) atoms. The molecule has 0 spiro atoms. The summed E-state index contributed by atoms with van der Waals surface area (Å²) >= 11 is 0. The van der Waals surface area contributed by atoms with Crippen molar-refractivity contribution in [1.29, 1.82) is 0 Å². The third kappa shape index (κ3) is 3.65. The maximum atomic E-state index is 4.25. The summed E-state index contributed by atoms with van der Waals surface area (Å²) in [6.07, 6.45) is 4.93. The van der Waals surface area contributed by atoms with E-state index in [0.717, 1.165) is 13.0 Å². The van der Waals surface area contributed by atoms with Crippen LogP contribution in [0, 0.1) is 0 Å². The summed E-state index contributed by atoms with van der Waals surface area (Å²) in [4.78, 5) is 4.25. The molecule has 0 aliphatic rings. The van der Waals surface area contributed by atoms with Gasteiger partial charge in [0.05, 0.1) is 0 Å². The predicted octanol–water partition coefficient (Wildman–Crippen LogP) is 3.93. The molecule has 1 aromatic heterocycles. The topological polar surface area (TPSA) is 24.9 Å². The molecule has 2 unspecified atom stereocenters. The van der Waals surface area contributed by atoms with Gasteiger partial charge in [-0.05, 0) is 30.2 Å². The summed E-state index contributed by atoms with van der Waals surface area (Å²) in [5.41, 5.74) is 2.62. The first-order valence-corrected chi connectivity index (χ1v) is 7.01. The molecule has 0 amide bonds. The predicted molar refractivity (Wildman–Crippen MR) is 80.1 cm³/mol. The van der Waals surface area contributed by atoms with Crippen molar-refractivity contribution in [3.63, 3.8) is 0 Å². The number of pyridine rings is 1. The van der Waals surface area contributed by atoms with Gasteiger partial charge in [0.25, 0.3) is 0 Å². The van der Waals surface area contributed by atoms with E-state index in [1.165, 1.54) is 11.1 Å². The quantitative estimate of drug-likeness (QED) is 0.845.